The maximum atomic E-state index is 11.1. The summed E-state index contributed by atoms with van der Waals surface area (Å²) in [5.41, 5.74) is -0.0348. The van der Waals surface area contributed by atoms with E-state index in [1.807, 2.05) is 24.3 Å². The van der Waals surface area contributed by atoms with E-state index < -0.39 is 12.1 Å². The number of nitrogens with zero attached hydrogens (tertiary/aromatic N) is 1. The van der Waals surface area contributed by atoms with E-state index in [4.69, 9.17) is 9.84 Å². The molecular weight excluding hydrogens is 260 g/mol. The van der Waals surface area contributed by atoms with E-state index in [0.29, 0.717) is 5.82 Å². The summed E-state index contributed by atoms with van der Waals surface area (Å²) in [4.78, 5) is 15.1. The Morgan fingerprint density at radius 2 is 2.20 bits per heavy atom. The van der Waals surface area contributed by atoms with Gasteiger partial charge in [0.05, 0.1) is 12.7 Å². The molecule has 0 spiro atoms. The molecule has 0 aliphatic rings. The molecule has 0 radical (unpaired) electrons. The number of benzene rings is 1. The maximum Gasteiger partial charge on any atom is 0.354 e. The van der Waals surface area contributed by atoms with Gasteiger partial charge in [0.1, 0.15) is 5.82 Å². The highest BCUT2D eigenvalue weighted by Gasteiger charge is 2.11. The van der Waals surface area contributed by atoms with Crippen LogP contribution in [0.4, 0.5) is 5.82 Å². The molecule has 0 aliphatic carbocycles. The predicted molar refractivity (Wildman–Crippen MR) is 75.1 cm³/mol. The predicted octanol–water partition coefficient (Wildman–Crippen LogP) is 1.35. The lowest BCUT2D eigenvalue weighted by atomic mass is 10.1. The summed E-state index contributed by atoms with van der Waals surface area (Å²) in [7, 11) is 1.50. The zero-order chi connectivity index (χ0) is 14.5. The highest BCUT2D eigenvalue weighted by atomic mass is 16.5. The quantitative estimate of drug-likeness (QED) is 0.737. The Bertz CT molecular complexity index is 615. The number of aromatic carboxylic acids is 1. The van der Waals surface area contributed by atoms with Crippen LogP contribution < -0.4 is 5.32 Å². The monoisotopic (exact) mass is 276 g/mol. The second-order valence-corrected chi connectivity index (χ2v) is 4.37. The fourth-order valence-electron chi connectivity index (χ4n) is 1.91. The minimum absolute atomic E-state index is 0.0348. The van der Waals surface area contributed by atoms with E-state index in [9.17, 15) is 9.90 Å². The number of hydrogen-bond acceptors (Lipinski definition) is 5. The zero-order valence-electron chi connectivity index (χ0n) is 11.0. The molecule has 6 heteroatoms. The van der Waals surface area contributed by atoms with Crippen LogP contribution in [0.1, 0.15) is 10.5 Å². The van der Waals surface area contributed by atoms with Gasteiger partial charge < -0.3 is 20.3 Å². The van der Waals surface area contributed by atoms with Crippen molar-refractivity contribution >= 4 is 22.6 Å². The number of aromatic nitrogens is 1. The molecule has 1 heterocycles. The molecule has 0 fully saturated rings. The van der Waals surface area contributed by atoms with E-state index >= 15 is 0 Å². The minimum atomic E-state index is -1.09. The summed E-state index contributed by atoms with van der Waals surface area (Å²) >= 11 is 0. The SMILES string of the molecule is COCC(O)CNc1nc(C(=O)O)cc2ccccc12. The first-order valence-electron chi connectivity index (χ1n) is 6.15. The molecule has 20 heavy (non-hydrogen) atoms. The summed E-state index contributed by atoms with van der Waals surface area (Å²) in [6.45, 7) is 0.428. The van der Waals surface area contributed by atoms with Crippen LogP contribution in [0, 0.1) is 0 Å². The van der Waals surface area contributed by atoms with E-state index in [-0.39, 0.29) is 18.8 Å². The molecule has 0 saturated heterocycles. The Balaban J connectivity index is 2.32. The fourth-order valence-corrected chi connectivity index (χ4v) is 1.91. The first kappa shape index (κ1) is 14.2. The van der Waals surface area contributed by atoms with Crippen LogP contribution in [-0.4, -0.2) is 47.5 Å². The summed E-state index contributed by atoms with van der Waals surface area (Å²) in [5, 5.41) is 23.3. The van der Waals surface area contributed by atoms with Crippen molar-refractivity contribution in [2.75, 3.05) is 25.6 Å². The molecule has 1 aromatic heterocycles. The summed E-state index contributed by atoms with van der Waals surface area (Å²) in [6.07, 6.45) is -0.686. The molecular formula is C14H16N2O4. The Kier molecular flexibility index (Phi) is 4.49. The Labute approximate surface area is 116 Å². The van der Waals surface area contributed by atoms with E-state index in [0.717, 1.165) is 10.8 Å². The molecule has 0 aliphatic heterocycles. The molecule has 3 N–H and O–H groups in total. The van der Waals surface area contributed by atoms with Gasteiger partial charge >= 0.3 is 5.97 Å². The lowest BCUT2D eigenvalue weighted by Gasteiger charge is -2.13. The smallest absolute Gasteiger partial charge is 0.354 e. The van der Waals surface area contributed by atoms with Gasteiger partial charge in [-0.15, -0.1) is 0 Å². The van der Waals surface area contributed by atoms with Crippen molar-refractivity contribution < 1.29 is 19.7 Å². The Morgan fingerprint density at radius 1 is 1.45 bits per heavy atom. The lowest BCUT2D eigenvalue weighted by molar-refractivity contribution is 0.0691. The van der Waals surface area contributed by atoms with Crippen molar-refractivity contribution in [3.05, 3.63) is 36.0 Å². The van der Waals surface area contributed by atoms with Crippen molar-refractivity contribution in [1.82, 2.24) is 4.98 Å². The standard InChI is InChI=1S/C14H16N2O4/c1-20-8-10(17)7-15-13-11-5-3-2-4-9(11)6-12(16-13)14(18)19/h2-6,10,17H,7-8H2,1H3,(H,15,16)(H,18,19). The number of pyridine rings is 1. The molecule has 2 aromatic rings. The number of methoxy groups -OCH3 is 1. The Morgan fingerprint density at radius 3 is 2.90 bits per heavy atom. The van der Waals surface area contributed by atoms with Crippen LogP contribution in [0.2, 0.25) is 0 Å². The topological polar surface area (TPSA) is 91.7 Å². The van der Waals surface area contributed by atoms with E-state index in [2.05, 4.69) is 10.3 Å². The number of fused-ring (bicyclic) bond motifs is 1. The fraction of sp³-hybridized carbons (Fsp3) is 0.286. The van der Waals surface area contributed by atoms with Crippen LogP contribution >= 0.6 is 0 Å². The molecule has 1 atom stereocenters. The average molecular weight is 276 g/mol. The molecule has 6 nitrogen and oxygen atoms in total. The number of aliphatic hydroxyl groups is 1. The minimum Gasteiger partial charge on any atom is -0.477 e. The van der Waals surface area contributed by atoms with Crippen molar-refractivity contribution in [3.63, 3.8) is 0 Å². The number of carboxylic acids is 1. The third kappa shape index (κ3) is 3.23. The first-order chi connectivity index (χ1) is 9.61. The number of ether oxygens (including phenoxy) is 1. The molecule has 0 amide bonds. The summed E-state index contributed by atoms with van der Waals surface area (Å²) in [5.74, 6) is -0.646. The van der Waals surface area contributed by atoms with Gasteiger partial charge in [0.25, 0.3) is 0 Å². The third-order valence-electron chi connectivity index (χ3n) is 2.82. The zero-order valence-corrected chi connectivity index (χ0v) is 11.0. The Hall–Kier alpha value is -2.18. The first-order valence-corrected chi connectivity index (χ1v) is 6.15. The number of rotatable bonds is 6. The number of nitrogens with one attached hydrogen (secondary N) is 1. The number of aliphatic hydroxyl groups excluding tert-OH is 1. The van der Waals surface area contributed by atoms with Gasteiger partial charge in [-0.1, -0.05) is 24.3 Å². The van der Waals surface area contributed by atoms with Crippen molar-refractivity contribution in [2.24, 2.45) is 0 Å². The highest BCUT2D eigenvalue weighted by Crippen LogP contribution is 2.22. The summed E-state index contributed by atoms with van der Waals surface area (Å²) in [6, 6.07) is 8.87. The second kappa shape index (κ2) is 6.31. The van der Waals surface area contributed by atoms with Crippen molar-refractivity contribution in [1.29, 1.82) is 0 Å². The third-order valence-corrected chi connectivity index (χ3v) is 2.82. The van der Waals surface area contributed by atoms with Crippen LogP contribution in [-0.2, 0) is 4.74 Å². The van der Waals surface area contributed by atoms with Crippen LogP contribution in [0.25, 0.3) is 10.8 Å². The molecule has 106 valence electrons. The number of carbonyl (C=O) groups is 1. The van der Waals surface area contributed by atoms with Gasteiger partial charge in [-0.05, 0) is 11.5 Å². The normalized spacial score (nSPS) is 12.3. The second-order valence-electron chi connectivity index (χ2n) is 4.37. The van der Waals surface area contributed by atoms with Gasteiger partial charge in [-0.3, -0.25) is 0 Å². The number of carboxylic acid groups (broad SMARTS) is 1. The van der Waals surface area contributed by atoms with Crippen molar-refractivity contribution in [3.8, 4) is 0 Å². The van der Waals surface area contributed by atoms with Gasteiger partial charge in [0.2, 0.25) is 0 Å². The average Bonchev–Trinajstić information content (AvgIpc) is 2.44. The van der Waals surface area contributed by atoms with E-state index in [1.165, 1.54) is 13.2 Å². The molecule has 0 saturated carbocycles. The van der Waals surface area contributed by atoms with Crippen LogP contribution in [0.15, 0.2) is 30.3 Å². The molecule has 1 aromatic carbocycles. The lowest BCUT2D eigenvalue weighted by Crippen LogP contribution is -2.24. The molecule has 1 unspecified atom stereocenters. The van der Waals surface area contributed by atoms with Crippen molar-refractivity contribution in [2.45, 2.75) is 6.10 Å². The van der Waals surface area contributed by atoms with Crippen LogP contribution in [0.3, 0.4) is 0 Å². The van der Waals surface area contributed by atoms with Gasteiger partial charge in [0, 0.05) is 19.0 Å². The molecule has 2 rings (SSSR count). The maximum absolute atomic E-state index is 11.1. The van der Waals surface area contributed by atoms with Gasteiger partial charge in [-0.25, -0.2) is 9.78 Å². The van der Waals surface area contributed by atoms with Crippen LogP contribution in [0.5, 0.6) is 0 Å². The molecule has 0 bridgehead atoms. The largest absolute Gasteiger partial charge is 0.477 e. The van der Waals surface area contributed by atoms with E-state index in [1.54, 1.807) is 0 Å². The number of anilines is 1. The number of hydrogen-bond donors (Lipinski definition) is 3. The summed E-state index contributed by atoms with van der Waals surface area (Å²) < 4.78 is 4.84. The van der Waals surface area contributed by atoms with Gasteiger partial charge in [-0.2, -0.15) is 0 Å². The highest BCUT2D eigenvalue weighted by molar-refractivity contribution is 5.97. The van der Waals surface area contributed by atoms with Gasteiger partial charge in [0.15, 0.2) is 5.69 Å².